The van der Waals surface area contributed by atoms with Crippen molar-refractivity contribution in [2.24, 2.45) is 0 Å². The van der Waals surface area contributed by atoms with Crippen molar-refractivity contribution >= 4 is 0 Å². The minimum atomic E-state index is -0.383. The van der Waals surface area contributed by atoms with Gasteiger partial charge < -0.3 is 0 Å². The molecule has 0 heterocycles. The van der Waals surface area contributed by atoms with Gasteiger partial charge in [0.1, 0.15) is 0 Å². The van der Waals surface area contributed by atoms with Gasteiger partial charge in [-0.3, -0.25) is 0 Å². The molecule has 0 N–H and O–H groups in total. The summed E-state index contributed by atoms with van der Waals surface area (Å²) in [5, 5.41) is 0. The van der Waals surface area contributed by atoms with E-state index < -0.39 is 0 Å². The molecule has 0 atom stereocenters. The molecule has 0 heteroatoms. The van der Waals surface area contributed by atoms with E-state index in [1.165, 1.54) is 39.0 Å². The van der Waals surface area contributed by atoms with Crippen LogP contribution in [0.5, 0.6) is 0 Å². The van der Waals surface area contributed by atoms with Crippen LogP contribution < -0.4 is 0 Å². The SMILES string of the molecule is C=C/C=C(\C=C/C)C1(C(/C=C\C)=C/C=C(C)C)c2ccccc2-c2ccccc21.CC. The zero-order chi connectivity index (χ0) is 22.9. The second-order valence-corrected chi connectivity index (χ2v) is 7.56. The fraction of sp³-hybridized carbons (Fsp3) is 0.226. The van der Waals surface area contributed by atoms with E-state index in [1.807, 2.05) is 19.9 Å². The van der Waals surface area contributed by atoms with Crippen molar-refractivity contribution < 1.29 is 0 Å². The molecule has 0 saturated carbocycles. The summed E-state index contributed by atoms with van der Waals surface area (Å²) in [5.41, 5.74) is 8.61. The van der Waals surface area contributed by atoms with E-state index in [1.54, 1.807) is 0 Å². The number of fused-ring (bicyclic) bond motifs is 3. The van der Waals surface area contributed by atoms with Gasteiger partial charge in [-0.15, -0.1) is 0 Å². The predicted octanol–water partition coefficient (Wildman–Crippen LogP) is 9.14. The van der Waals surface area contributed by atoms with Crippen molar-refractivity contribution in [3.05, 3.63) is 132 Å². The average Bonchev–Trinajstić information content (AvgIpc) is 3.09. The summed E-state index contributed by atoms with van der Waals surface area (Å²) >= 11 is 0. The Bertz CT molecular complexity index is 1000. The third-order valence-corrected chi connectivity index (χ3v) is 5.40. The van der Waals surface area contributed by atoms with E-state index in [9.17, 15) is 0 Å². The monoisotopic (exact) mass is 408 g/mol. The minimum absolute atomic E-state index is 0.383. The second kappa shape index (κ2) is 11.3. The first-order valence-electron chi connectivity index (χ1n) is 11.2. The molecule has 0 bridgehead atoms. The van der Waals surface area contributed by atoms with Crippen molar-refractivity contribution in [2.75, 3.05) is 0 Å². The standard InChI is InChI=1S/C29H30.C2H6/c1-6-13-23(14-7-2)29(24(15-8-3)21-20-22(4)5)27-18-11-9-16-25(27)26-17-10-12-19-28(26)29;1-2/h6-21H,1H2,2-5H3;1-2H3/b14-7-,15-8-,23-13+,24-21+;. The van der Waals surface area contributed by atoms with E-state index in [0.29, 0.717) is 0 Å². The third kappa shape index (κ3) is 4.49. The van der Waals surface area contributed by atoms with E-state index >= 15 is 0 Å². The van der Waals surface area contributed by atoms with Gasteiger partial charge in [-0.2, -0.15) is 0 Å². The van der Waals surface area contributed by atoms with Crippen LogP contribution in [0.3, 0.4) is 0 Å². The number of hydrogen-bond acceptors (Lipinski definition) is 0. The minimum Gasteiger partial charge on any atom is -0.0991 e. The van der Waals surface area contributed by atoms with E-state index in [4.69, 9.17) is 0 Å². The Balaban J connectivity index is 0.00000166. The van der Waals surface area contributed by atoms with Crippen molar-refractivity contribution in [1.82, 2.24) is 0 Å². The van der Waals surface area contributed by atoms with Crippen LogP contribution in [0, 0.1) is 0 Å². The van der Waals surface area contributed by atoms with Gasteiger partial charge in [0.25, 0.3) is 0 Å². The van der Waals surface area contributed by atoms with Gasteiger partial charge in [-0.25, -0.2) is 0 Å². The molecule has 0 saturated heterocycles. The summed E-state index contributed by atoms with van der Waals surface area (Å²) in [4.78, 5) is 0. The molecule has 0 amide bonds. The first-order valence-corrected chi connectivity index (χ1v) is 11.2. The molecule has 1 aliphatic rings. The molecule has 0 spiro atoms. The Morgan fingerprint density at radius 3 is 1.58 bits per heavy atom. The Kier molecular flexibility index (Phi) is 8.82. The fourth-order valence-electron chi connectivity index (χ4n) is 4.38. The molecule has 2 aromatic carbocycles. The molecule has 0 aliphatic heterocycles. The van der Waals surface area contributed by atoms with Gasteiger partial charge in [0.15, 0.2) is 0 Å². The summed E-state index contributed by atoms with van der Waals surface area (Å²) in [6, 6.07) is 17.6. The number of hydrogen-bond donors (Lipinski definition) is 0. The first kappa shape index (κ1) is 24.2. The quantitative estimate of drug-likeness (QED) is 0.418. The van der Waals surface area contributed by atoms with E-state index in [2.05, 4.69) is 125 Å². The van der Waals surface area contributed by atoms with Crippen LogP contribution in [0.4, 0.5) is 0 Å². The van der Waals surface area contributed by atoms with E-state index in [0.717, 1.165) is 0 Å². The Morgan fingerprint density at radius 2 is 1.16 bits per heavy atom. The van der Waals surface area contributed by atoms with Crippen LogP contribution in [-0.4, -0.2) is 0 Å². The summed E-state index contributed by atoms with van der Waals surface area (Å²) < 4.78 is 0. The maximum absolute atomic E-state index is 4.02. The molecule has 160 valence electrons. The predicted molar refractivity (Wildman–Crippen MR) is 139 cm³/mol. The molecule has 0 unspecified atom stereocenters. The van der Waals surface area contributed by atoms with Gasteiger partial charge in [0, 0.05) is 0 Å². The highest BCUT2D eigenvalue weighted by Gasteiger charge is 2.46. The summed E-state index contributed by atoms with van der Waals surface area (Å²) in [5.74, 6) is 0. The molecule has 1 aliphatic carbocycles. The van der Waals surface area contributed by atoms with Crippen molar-refractivity contribution in [2.45, 2.75) is 47.0 Å². The highest BCUT2D eigenvalue weighted by atomic mass is 14.5. The highest BCUT2D eigenvalue weighted by Crippen LogP contribution is 2.57. The van der Waals surface area contributed by atoms with Crippen molar-refractivity contribution in [3.63, 3.8) is 0 Å². The Morgan fingerprint density at radius 1 is 0.710 bits per heavy atom. The molecule has 0 radical (unpaired) electrons. The number of rotatable bonds is 6. The fourth-order valence-corrected chi connectivity index (χ4v) is 4.38. The number of allylic oxidation sites excluding steroid dienone is 11. The van der Waals surface area contributed by atoms with Gasteiger partial charge in [-0.05, 0) is 61.1 Å². The third-order valence-electron chi connectivity index (χ3n) is 5.40. The lowest BCUT2D eigenvalue weighted by Crippen LogP contribution is -2.29. The van der Waals surface area contributed by atoms with Crippen molar-refractivity contribution in [1.29, 1.82) is 0 Å². The second-order valence-electron chi connectivity index (χ2n) is 7.56. The van der Waals surface area contributed by atoms with Gasteiger partial charge in [0.2, 0.25) is 0 Å². The lowest BCUT2D eigenvalue weighted by atomic mass is 9.66. The summed E-state index contributed by atoms with van der Waals surface area (Å²) in [6.45, 7) is 16.5. The van der Waals surface area contributed by atoms with Gasteiger partial charge >= 0.3 is 0 Å². The normalized spacial score (nSPS) is 14.6. The van der Waals surface area contributed by atoms with Gasteiger partial charge in [0.05, 0.1) is 5.41 Å². The largest absolute Gasteiger partial charge is 0.0991 e. The molecule has 0 nitrogen and oxygen atoms in total. The summed E-state index contributed by atoms with van der Waals surface area (Å²) in [7, 11) is 0. The molecule has 0 aromatic heterocycles. The van der Waals surface area contributed by atoms with Crippen LogP contribution in [0.1, 0.15) is 52.7 Å². The maximum atomic E-state index is 4.02. The van der Waals surface area contributed by atoms with Crippen molar-refractivity contribution in [3.8, 4) is 11.1 Å². The molecule has 31 heavy (non-hydrogen) atoms. The summed E-state index contributed by atoms with van der Waals surface area (Å²) in [6.07, 6.45) is 17.3. The lowest BCUT2D eigenvalue weighted by Gasteiger charge is -2.35. The average molecular weight is 409 g/mol. The molecule has 0 fully saturated rings. The first-order chi connectivity index (χ1) is 15.1. The van der Waals surface area contributed by atoms with Crippen LogP contribution >= 0.6 is 0 Å². The van der Waals surface area contributed by atoms with E-state index in [-0.39, 0.29) is 5.41 Å². The zero-order valence-corrected chi connectivity index (χ0v) is 19.9. The maximum Gasteiger partial charge on any atom is 0.0713 e. The Labute approximate surface area is 189 Å². The van der Waals surface area contributed by atoms with Crippen LogP contribution in [0.2, 0.25) is 0 Å². The molecular weight excluding hydrogens is 372 g/mol. The molecular formula is C31H36. The molecule has 2 aromatic rings. The van der Waals surface area contributed by atoms with Crippen LogP contribution in [0.25, 0.3) is 11.1 Å². The molecule has 3 rings (SSSR count). The van der Waals surface area contributed by atoms with Crippen LogP contribution in [-0.2, 0) is 5.41 Å². The van der Waals surface area contributed by atoms with Gasteiger partial charge in [-0.1, -0.05) is 123 Å². The highest BCUT2D eigenvalue weighted by molar-refractivity contribution is 5.87. The zero-order valence-electron chi connectivity index (χ0n) is 19.9. The smallest absolute Gasteiger partial charge is 0.0713 e. The Hall–Kier alpha value is -3.12. The van der Waals surface area contributed by atoms with Crippen LogP contribution in [0.15, 0.2) is 120 Å². The topological polar surface area (TPSA) is 0 Å². The lowest BCUT2D eigenvalue weighted by molar-refractivity contribution is 0.765. The number of benzene rings is 2.